The van der Waals surface area contributed by atoms with Crippen molar-refractivity contribution in [2.45, 2.75) is 38.3 Å². The number of thiophene rings is 1. The highest BCUT2D eigenvalue weighted by atomic mass is 32.1. The lowest BCUT2D eigenvalue weighted by atomic mass is 10.1. The number of aromatic nitrogens is 1. The Kier molecular flexibility index (Phi) is 6.31. The van der Waals surface area contributed by atoms with Gasteiger partial charge in [-0.25, -0.2) is 4.98 Å². The van der Waals surface area contributed by atoms with Crippen molar-refractivity contribution < 1.29 is 4.74 Å². The predicted molar refractivity (Wildman–Crippen MR) is 115 cm³/mol. The minimum atomic E-state index is 0.456. The van der Waals surface area contributed by atoms with Crippen molar-refractivity contribution in [3.05, 3.63) is 41.4 Å². The first kappa shape index (κ1) is 19.1. The Labute approximate surface area is 171 Å². The van der Waals surface area contributed by atoms with Crippen LogP contribution in [0.1, 0.15) is 31.2 Å². The standard InChI is InChI=1S/C21H29N5OS/c1-22-21(25-18-7-10-26(11-8-18)20-3-2-12-28-20)24-14-17-6-9-23-19(13-17)27-15-16-4-5-16/h2-3,6,9,12-13,16,18H,4-5,7-8,10-11,14-15H2,1H3,(H2,22,24,25). The molecule has 0 aromatic carbocycles. The second-order valence-corrected chi connectivity index (χ2v) is 8.47. The van der Waals surface area contributed by atoms with Gasteiger partial charge in [-0.2, -0.15) is 0 Å². The van der Waals surface area contributed by atoms with Crippen molar-refractivity contribution in [2.75, 3.05) is 31.6 Å². The summed E-state index contributed by atoms with van der Waals surface area (Å²) in [4.78, 5) is 11.2. The number of hydrogen-bond acceptors (Lipinski definition) is 5. The van der Waals surface area contributed by atoms with E-state index in [4.69, 9.17) is 4.74 Å². The molecule has 1 saturated heterocycles. The highest BCUT2D eigenvalue weighted by Crippen LogP contribution is 2.29. The molecule has 4 rings (SSSR count). The van der Waals surface area contributed by atoms with Crippen LogP contribution in [0.25, 0.3) is 0 Å². The summed E-state index contributed by atoms with van der Waals surface area (Å²) in [5, 5.41) is 10.5. The molecule has 2 aromatic heterocycles. The number of anilines is 1. The quantitative estimate of drug-likeness (QED) is 0.553. The second-order valence-electron chi connectivity index (χ2n) is 7.54. The molecule has 1 aliphatic heterocycles. The third-order valence-corrected chi connectivity index (χ3v) is 6.23. The molecule has 1 saturated carbocycles. The van der Waals surface area contributed by atoms with E-state index in [1.165, 1.54) is 17.8 Å². The molecular formula is C21H29N5OS. The second kappa shape index (κ2) is 9.28. The fourth-order valence-corrected chi connectivity index (χ4v) is 4.18. The first-order valence-corrected chi connectivity index (χ1v) is 11.0. The highest BCUT2D eigenvalue weighted by molar-refractivity contribution is 7.14. The Bertz CT molecular complexity index is 767. The van der Waals surface area contributed by atoms with E-state index in [2.05, 4.69) is 43.0 Å². The Balaban J connectivity index is 1.22. The molecule has 2 aromatic rings. The van der Waals surface area contributed by atoms with Crippen LogP contribution in [0, 0.1) is 5.92 Å². The van der Waals surface area contributed by atoms with Crippen LogP contribution in [0.3, 0.4) is 0 Å². The molecule has 2 fully saturated rings. The van der Waals surface area contributed by atoms with Crippen LogP contribution >= 0.6 is 11.3 Å². The average Bonchev–Trinajstić information content (AvgIpc) is 3.41. The van der Waals surface area contributed by atoms with Gasteiger partial charge in [-0.1, -0.05) is 0 Å². The van der Waals surface area contributed by atoms with Crippen LogP contribution < -0.4 is 20.3 Å². The van der Waals surface area contributed by atoms with E-state index in [-0.39, 0.29) is 0 Å². The van der Waals surface area contributed by atoms with Gasteiger partial charge in [0.1, 0.15) is 0 Å². The monoisotopic (exact) mass is 399 g/mol. The predicted octanol–water partition coefficient (Wildman–Crippen LogP) is 3.27. The van der Waals surface area contributed by atoms with Gasteiger partial charge in [0.2, 0.25) is 5.88 Å². The van der Waals surface area contributed by atoms with Crippen LogP contribution in [0.15, 0.2) is 40.8 Å². The van der Waals surface area contributed by atoms with Gasteiger partial charge < -0.3 is 20.3 Å². The van der Waals surface area contributed by atoms with Crippen molar-refractivity contribution in [1.82, 2.24) is 15.6 Å². The van der Waals surface area contributed by atoms with Crippen LogP contribution in [0.4, 0.5) is 5.00 Å². The average molecular weight is 400 g/mol. The Morgan fingerprint density at radius 3 is 2.86 bits per heavy atom. The molecule has 0 atom stereocenters. The smallest absolute Gasteiger partial charge is 0.213 e. The zero-order valence-electron chi connectivity index (χ0n) is 16.4. The minimum Gasteiger partial charge on any atom is -0.477 e. The van der Waals surface area contributed by atoms with E-state index in [0.717, 1.165) is 55.9 Å². The van der Waals surface area contributed by atoms with Gasteiger partial charge in [0.05, 0.1) is 11.6 Å². The first-order chi connectivity index (χ1) is 13.8. The van der Waals surface area contributed by atoms with Crippen LogP contribution in [0.2, 0.25) is 0 Å². The summed E-state index contributed by atoms with van der Waals surface area (Å²) < 4.78 is 5.78. The maximum Gasteiger partial charge on any atom is 0.213 e. The van der Waals surface area contributed by atoms with E-state index < -0.39 is 0 Å². The van der Waals surface area contributed by atoms with E-state index in [1.807, 2.05) is 36.7 Å². The number of nitrogens with zero attached hydrogens (tertiary/aromatic N) is 3. The van der Waals surface area contributed by atoms with Gasteiger partial charge in [0, 0.05) is 45.0 Å². The molecule has 0 bridgehead atoms. The van der Waals surface area contributed by atoms with Gasteiger partial charge in [-0.05, 0) is 60.7 Å². The number of rotatable bonds is 7. The lowest BCUT2D eigenvalue weighted by Crippen LogP contribution is -2.48. The molecule has 2 N–H and O–H groups in total. The van der Waals surface area contributed by atoms with Crippen molar-refractivity contribution in [3.8, 4) is 5.88 Å². The lowest BCUT2D eigenvalue weighted by Gasteiger charge is -2.33. The van der Waals surface area contributed by atoms with Crippen molar-refractivity contribution in [2.24, 2.45) is 10.9 Å². The number of pyridine rings is 1. The molecule has 2 aliphatic rings. The van der Waals surface area contributed by atoms with Gasteiger partial charge >= 0.3 is 0 Å². The zero-order valence-corrected chi connectivity index (χ0v) is 17.3. The fourth-order valence-electron chi connectivity index (χ4n) is 3.39. The largest absolute Gasteiger partial charge is 0.477 e. The van der Waals surface area contributed by atoms with Crippen molar-refractivity contribution in [3.63, 3.8) is 0 Å². The van der Waals surface area contributed by atoms with Crippen molar-refractivity contribution >= 4 is 22.3 Å². The van der Waals surface area contributed by atoms with Crippen LogP contribution in [-0.4, -0.2) is 43.7 Å². The molecule has 0 unspecified atom stereocenters. The zero-order chi connectivity index (χ0) is 19.2. The summed E-state index contributed by atoms with van der Waals surface area (Å²) in [6.07, 6.45) is 6.63. The molecular weight excluding hydrogens is 370 g/mol. The molecule has 150 valence electrons. The topological polar surface area (TPSA) is 61.8 Å². The van der Waals surface area contributed by atoms with Gasteiger partial charge in [-0.15, -0.1) is 11.3 Å². The van der Waals surface area contributed by atoms with E-state index in [9.17, 15) is 0 Å². The third kappa shape index (κ3) is 5.38. The lowest BCUT2D eigenvalue weighted by molar-refractivity contribution is 0.288. The maximum absolute atomic E-state index is 5.78. The summed E-state index contributed by atoms with van der Waals surface area (Å²) in [6.45, 7) is 3.66. The molecule has 0 radical (unpaired) electrons. The summed E-state index contributed by atoms with van der Waals surface area (Å²) in [5.41, 5.74) is 1.15. The molecule has 28 heavy (non-hydrogen) atoms. The number of guanidine groups is 1. The van der Waals surface area contributed by atoms with Crippen LogP contribution in [0.5, 0.6) is 5.88 Å². The molecule has 0 spiro atoms. The molecule has 7 heteroatoms. The van der Waals surface area contributed by atoms with E-state index in [0.29, 0.717) is 12.6 Å². The van der Waals surface area contributed by atoms with Crippen molar-refractivity contribution in [1.29, 1.82) is 0 Å². The van der Waals surface area contributed by atoms with Gasteiger partial charge in [-0.3, -0.25) is 4.99 Å². The maximum atomic E-state index is 5.78. The number of hydrogen-bond donors (Lipinski definition) is 2. The minimum absolute atomic E-state index is 0.456. The van der Waals surface area contributed by atoms with E-state index >= 15 is 0 Å². The Morgan fingerprint density at radius 1 is 1.29 bits per heavy atom. The third-order valence-electron chi connectivity index (χ3n) is 5.30. The fraction of sp³-hybridized carbons (Fsp3) is 0.524. The number of aliphatic imine (C=N–C) groups is 1. The summed E-state index contributed by atoms with van der Waals surface area (Å²) in [6, 6.07) is 8.82. The van der Waals surface area contributed by atoms with E-state index in [1.54, 1.807) is 0 Å². The molecule has 3 heterocycles. The molecule has 6 nitrogen and oxygen atoms in total. The first-order valence-electron chi connectivity index (χ1n) is 10.1. The Hall–Kier alpha value is -2.28. The van der Waals surface area contributed by atoms with Crippen LogP contribution in [-0.2, 0) is 6.54 Å². The molecule has 1 aliphatic carbocycles. The summed E-state index contributed by atoms with van der Waals surface area (Å²) in [7, 11) is 1.83. The number of nitrogens with one attached hydrogen (secondary N) is 2. The molecule has 0 amide bonds. The van der Waals surface area contributed by atoms with Gasteiger partial charge in [0.15, 0.2) is 5.96 Å². The number of ether oxygens (including phenoxy) is 1. The SMILES string of the molecule is CN=C(NCc1ccnc(OCC2CC2)c1)NC1CCN(c2cccs2)CC1. The highest BCUT2D eigenvalue weighted by Gasteiger charge is 2.22. The van der Waals surface area contributed by atoms with Gasteiger partial charge in [0.25, 0.3) is 0 Å². The summed E-state index contributed by atoms with van der Waals surface area (Å²) >= 11 is 1.82. The normalized spacial score (nSPS) is 18.2. The summed E-state index contributed by atoms with van der Waals surface area (Å²) in [5.74, 6) is 2.31. The number of piperidine rings is 1. The Morgan fingerprint density at radius 2 is 2.14 bits per heavy atom.